The Hall–Kier alpha value is -2.50. The van der Waals surface area contributed by atoms with Crippen molar-refractivity contribution in [3.8, 4) is 11.5 Å². The molecule has 4 aliphatic carbocycles. The van der Waals surface area contributed by atoms with Crippen LogP contribution in [0.2, 0.25) is 0 Å². The molecule has 5 rings (SSSR count). The van der Waals surface area contributed by atoms with E-state index in [9.17, 15) is 19.2 Å². The fourth-order valence-corrected chi connectivity index (χ4v) is 7.64. The number of carbonyl (C=O) groups excluding carboxylic acids is 4. The zero-order chi connectivity index (χ0) is 24.9. The third kappa shape index (κ3) is 2.42. The SMILES string of the molecule is CC12CCC(C(=O)Oc3cccc(OC(=O)C45CCC(C)(C(=O)C4)C5(C)C)c3)(CC1=O)C2(C)C. The van der Waals surface area contributed by atoms with Crippen molar-refractivity contribution in [2.45, 2.75) is 80.1 Å². The van der Waals surface area contributed by atoms with E-state index in [1.807, 2.05) is 41.5 Å². The molecule has 0 heterocycles. The van der Waals surface area contributed by atoms with Crippen molar-refractivity contribution in [2.24, 2.45) is 32.5 Å². The fraction of sp³-hybridized carbons (Fsp3) is 0.643. The number of benzene rings is 1. The van der Waals surface area contributed by atoms with E-state index in [0.29, 0.717) is 25.7 Å². The molecule has 0 saturated heterocycles. The molecule has 0 spiro atoms. The highest BCUT2D eigenvalue weighted by Crippen LogP contribution is 2.72. The summed E-state index contributed by atoms with van der Waals surface area (Å²) in [6, 6.07) is 6.52. The van der Waals surface area contributed by atoms with Crippen LogP contribution in [0.3, 0.4) is 0 Å². The zero-order valence-corrected chi connectivity index (χ0v) is 21.0. The van der Waals surface area contributed by atoms with E-state index in [0.717, 1.165) is 0 Å². The summed E-state index contributed by atoms with van der Waals surface area (Å²) < 4.78 is 11.6. The average Bonchev–Trinajstić information content (AvgIpc) is 3.22. The lowest BCUT2D eigenvalue weighted by molar-refractivity contribution is -0.151. The minimum absolute atomic E-state index is 0.125. The van der Waals surface area contributed by atoms with Crippen molar-refractivity contribution >= 4 is 23.5 Å². The van der Waals surface area contributed by atoms with Gasteiger partial charge in [-0.05, 0) is 48.6 Å². The van der Waals surface area contributed by atoms with Gasteiger partial charge in [0, 0.05) is 29.7 Å². The summed E-state index contributed by atoms with van der Waals surface area (Å²) >= 11 is 0. The molecule has 6 nitrogen and oxygen atoms in total. The van der Waals surface area contributed by atoms with E-state index in [2.05, 4.69) is 0 Å². The number of rotatable bonds is 4. The third-order valence-electron chi connectivity index (χ3n) is 11.4. The van der Waals surface area contributed by atoms with Crippen LogP contribution >= 0.6 is 0 Å². The second-order valence-corrected chi connectivity index (χ2v) is 12.5. The highest BCUT2D eigenvalue weighted by Gasteiger charge is 2.74. The molecule has 6 heteroatoms. The number of ketones is 2. The molecule has 0 N–H and O–H groups in total. The van der Waals surface area contributed by atoms with E-state index in [1.165, 1.54) is 0 Å². The van der Waals surface area contributed by atoms with E-state index in [4.69, 9.17) is 9.47 Å². The van der Waals surface area contributed by atoms with Crippen molar-refractivity contribution in [2.75, 3.05) is 0 Å². The molecule has 1 aromatic rings. The van der Waals surface area contributed by atoms with Crippen LogP contribution in [0.4, 0.5) is 0 Å². The Morgan fingerprint density at radius 1 is 0.676 bits per heavy atom. The van der Waals surface area contributed by atoms with Crippen LogP contribution in [-0.4, -0.2) is 23.5 Å². The van der Waals surface area contributed by atoms with Gasteiger partial charge in [0.2, 0.25) is 0 Å². The maximum Gasteiger partial charge on any atom is 0.318 e. The summed E-state index contributed by atoms with van der Waals surface area (Å²) in [7, 11) is 0. The summed E-state index contributed by atoms with van der Waals surface area (Å²) in [5.74, 6) is 0.0131. The quantitative estimate of drug-likeness (QED) is 0.455. The summed E-state index contributed by atoms with van der Waals surface area (Å²) in [5.41, 5.74) is -3.69. The average molecular weight is 467 g/mol. The van der Waals surface area contributed by atoms with Gasteiger partial charge in [-0.25, -0.2) is 0 Å². The molecule has 4 fully saturated rings. The lowest BCUT2D eigenvalue weighted by Crippen LogP contribution is -2.43. The Balaban J connectivity index is 1.36. The summed E-state index contributed by atoms with van der Waals surface area (Å²) in [6.07, 6.45) is 3.02. The number of hydrogen-bond acceptors (Lipinski definition) is 6. The Kier molecular flexibility index (Phi) is 4.50. The topological polar surface area (TPSA) is 86.7 Å². The Labute approximate surface area is 200 Å². The number of hydrogen-bond donors (Lipinski definition) is 0. The summed E-state index contributed by atoms with van der Waals surface area (Å²) in [4.78, 5) is 52.2. The minimum atomic E-state index is -0.840. The lowest BCUT2D eigenvalue weighted by Gasteiger charge is -2.38. The van der Waals surface area contributed by atoms with Crippen molar-refractivity contribution in [3.63, 3.8) is 0 Å². The van der Waals surface area contributed by atoms with Crippen LogP contribution in [0.15, 0.2) is 24.3 Å². The van der Waals surface area contributed by atoms with Crippen LogP contribution in [0, 0.1) is 32.5 Å². The second-order valence-electron chi connectivity index (χ2n) is 12.5. The Bertz CT molecular complexity index is 1060. The van der Waals surface area contributed by atoms with Crippen molar-refractivity contribution in [1.29, 1.82) is 0 Å². The molecular formula is C28H34O6. The van der Waals surface area contributed by atoms with Gasteiger partial charge in [-0.1, -0.05) is 47.6 Å². The second kappa shape index (κ2) is 6.58. The molecule has 0 aromatic heterocycles. The molecule has 4 saturated carbocycles. The van der Waals surface area contributed by atoms with Crippen LogP contribution in [0.1, 0.15) is 80.1 Å². The van der Waals surface area contributed by atoms with Crippen molar-refractivity contribution < 1.29 is 28.7 Å². The van der Waals surface area contributed by atoms with Crippen LogP contribution < -0.4 is 9.47 Å². The fourth-order valence-electron chi connectivity index (χ4n) is 7.64. The number of fused-ring (bicyclic) bond motifs is 4. The molecule has 4 bridgehead atoms. The molecule has 4 unspecified atom stereocenters. The van der Waals surface area contributed by atoms with Gasteiger partial charge in [0.25, 0.3) is 0 Å². The van der Waals surface area contributed by atoms with E-state index < -0.39 is 44.4 Å². The standard InChI is InChI=1S/C28H34O6/c1-23(2)25(5)10-12-27(23,15-19(25)29)21(31)33-17-8-7-9-18(14-17)34-22(32)28-13-11-26(6,20(30)16-28)24(28,3)4/h7-9,14H,10-13,15-16H2,1-6H3. The number of esters is 2. The minimum Gasteiger partial charge on any atom is -0.426 e. The van der Waals surface area contributed by atoms with Crippen molar-refractivity contribution in [1.82, 2.24) is 0 Å². The van der Waals surface area contributed by atoms with E-state index in [1.54, 1.807) is 24.3 Å². The normalized spacial score (nSPS) is 38.9. The van der Waals surface area contributed by atoms with Gasteiger partial charge in [-0.3, -0.25) is 19.2 Å². The van der Waals surface area contributed by atoms with Crippen molar-refractivity contribution in [3.05, 3.63) is 24.3 Å². The monoisotopic (exact) mass is 466 g/mol. The van der Waals surface area contributed by atoms with Crippen LogP contribution in [-0.2, 0) is 19.2 Å². The first-order valence-corrected chi connectivity index (χ1v) is 12.3. The molecule has 4 aliphatic rings. The van der Waals surface area contributed by atoms with Gasteiger partial charge in [-0.15, -0.1) is 0 Å². The maximum atomic E-state index is 13.4. The molecule has 0 aliphatic heterocycles. The van der Waals surface area contributed by atoms with Gasteiger partial charge in [-0.2, -0.15) is 0 Å². The number of Topliss-reactive ketones (excluding diaryl/α,β-unsaturated/α-hetero) is 2. The van der Waals surface area contributed by atoms with Crippen LogP contribution in [0.25, 0.3) is 0 Å². The van der Waals surface area contributed by atoms with Gasteiger partial charge in [0.15, 0.2) is 0 Å². The largest absolute Gasteiger partial charge is 0.426 e. The molecule has 0 radical (unpaired) electrons. The molecule has 0 amide bonds. The first-order valence-electron chi connectivity index (χ1n) is 12.3. The Morgan fingerprint density at radius 2 is 1.06 bits per heavy atom. The van der Waals surface area contributed by atoms with E-state index in [-0.39, 0.29) is 35.9 Å². The van der Waals surface area contributed by atoms with Gasteiger partial charge >= 0.3 is 11.9 Å². The molecule has 1 aromatic carbocycles. The highest BCUT2D eigenvalue weighted by atomic mass is 16.5. The zero-order valence-electron chi connectivity index (χ0n) is 21.0. The van der Waals surface area contributed by atoms with Gasteiger partial charge in [0.1, 0.15) is 23.1 Å². The summed E-state index contributed by atoms with van der Waals surface area (Å²) in [6.45, 7) is 11.9. The van der Waals surface area contributed by atoms with Gasteiger partial charge in [0.05, 0.1) is 10.8 Å². The molecule has 34 heavy (non-hydrogen) atoms. The molecule has 182 valence electrons. The van der Waals surface area contributed by atoms with Crippen LogP contribution in [0.5, 0.6) is 11.5 Å². The first-order chi connectivity index (χ1) is 15.7. The third-order valence-corrected chi connectivity index (χ3v) is 11.4. The maximum absolute atomic E-state index is 13.4. The predicted octanol–water partition coefficient (Wildman–Crippen LogP) is 5.07. The predicted molar refractivity (Wildman–Crippen MR) is 124 cm³/mol. The lowest BCUT2D eigenvalue weighted by atomic mass is 9.65. The Morgan fingerprint density at radius 3 is 1.35 bits per heavy atom. The summed E-state index contributed by atoms with van der Waals surface area (Å²) in [5, 5.41) is 0. The number of ether oxygens (including phenoxy) is 2. The van der Waals surface area contributed by atoms with Gasteiger partial charge < -0.3 is 9.47 Å². The first kappa shape index (κ1) is 23.3. The smallest absolute Gasteiger partial charge is 0.318 e. The number of carbonyl (C=O) groups is 4. The molecule has 4 atom stereocenters. The van der Waals surface area contributed by atoms with E-state index >= 15 is 0 Å². The highest BCUT2D eigenvalue weighted by molar-refractivity contribution is 5.99. The molecular weight excluding hydrogens is 432 g/mol.